The van der Waals surface area contributed by atoms with Crippen LogP contribution in [0.5, 0.6) is 0 Å². The summed E-state index contributed by atoms with van der Waals surface area (Å²) >= 11 is 0. The van der Waals surface area contributed by atoms with Crippen molar-refractivity contribution in [1.29, 1.82) is 0 Å². The third-order valence-electron chi connectivity index (χ3n) is 3.57. The minimum atomic E-state index is -0.731. The molecule has 0 bridgehead atoms. The predicted molar refractivity (Wildman–Crippen MR) is 59.5 cm³/mol. The van der Waals surface area contributed by atoms with E-state index in [0.29, 0.717) is 12.1 Å². The van der Waals surface area contributed by atoms with Crippen molar-refractivity contribution in [3.63, 3.8) is 0 Å². The van der Waals surface area contributed by atoms with Gasteiger partial charge in [0.15, 0.2) is 0 Å². The molecular weight excluding hydrogens is 208 g/mol. The molecule has 0 radical (unpaired) electrons. The highest BCUT2D eigenvalue weighted by Gasteiger charge is 2.32. The van der Waals surface area contributed by atoms with Gasteiger partial charge in [0.25, 0.3) is 0 Å². The molecule has 2 rings (SSSR count). The van der Waals surface area contributed by atoms with Gasteiger partial charge in [-0.25, -0.2) is 0 Å². The lowest BCUT2D eigenvalue weighted by Gasteiger charge is -2.38. The maximum Gasteiger partial charge on any atom is 0.317 e. The normalized spacial score (nSPS) is 33.1. The van der Waals surface area contributed by atoms with E-state index in [1.807, 2.05) is 4.90 Å². The van der Waals surface area contributed by atoms with Crippen LogP contribution in [0.2, 0.25) is 0 Å². The summed E-state index contributed by atoms with van der Waals surface area (Å²) in [5.41, 5.74) is 0. The van der Waals surface area contributed by atoms with E-state index in [-0.39, 0.29) is 6.54 Å². The molecule has 0 aromatic heterocycles. The quantitative estimate of drug-likeness (QED) is 0.729. The number of hydrogen-bond donors (Lipinski definition) is 1. The fraction of sp³-hybridized carbons (Fsp3) is 0.909. The maximum absolute atomic E-state index is 10.6. The summed E-state index contributed by atoms with van der Waals surface area (Å²) < 4.78 is 5.56. The zero-order valence-electron chi connectivity index (χ0n) is 9.76. The molecule has 2 aliphatic rings. The highest BCUT2D eigenvalue weighted by atomic mass is 16.5. The zero-order valence-corrected chi connectivity index (χ0v) is 9.76. The Morgan fingerprint density at radius 2 is 2.06 bits per heavy atom. The molecule has 0 spiro atoms. The number of hydrogen-bond acceptors (Lipinski definition) is 4. The van der Waals surface area contributed by atoms with Gasteiger partial charge in [0, 0.05) is 38.8 Å². The van der Waals surface area contributed by atoms with Crippen molar-refractivity contribution in [2.75, 3.05) is 39.3 Å². The lowest BCUT2D eigenvalue weighted by Crippen LogP contribution is -2.52. The zero-order chi connectivity index (χ0) is 11.5. The average molecular weight is 228 g/mol. The van der Waals surface area contributed by atoms with Crippen molar-refractivity contribution >= 4 is 5.97 Å². The molecule has 2 saturated heterocycles. The fourth-order valence-corrected chi connectivity index (χ4v) is 2.64. The van der Waals surface area contributed by atoms with E-state index < -0.39 is 5.97 Å². The second-order valence-corrected chi connectivity index (χ2v) is 4.64. The van der Waals surface area contributed by atoms with E-state index in [1.165, 1.54) is 0 Å². The van der Waals surface area contributed by atoms with Crippen LogP contribution in [0, 0.1) is 0 Å². The van der Waals surface area contributed by atoms with Gasteiger partial charge in [-0.1, -0.05) is 0 Å². The first-order valence-corrected chi connectivity index (χ1v) is 5.96. The minimum absolute atomic E-state index is 0.171. The number of rotatable bonds is 3. The number of ether oxygens (including phenoxy) is 1. The topological polar surface area (TPSA) is 53.0 Å². The SMILES string of the molecule is CC1OCCC1N1CCN(CC(=O)O)CC1. The Kier molecular flexibility index (Phi) is 3.78. The molecule has 16 heavy (non-hydrogen) atoms. The Hall–Kier alpha value is -0.650. The minimum Gasteiger partial charge on any atom is -0.480 e. The molecule has 2 aliphatic heterocycles. The van der Waals surface area contributed by atoms with Crippen LogP contribution in [0.1, 0.15) is 13.3 Å². The van der Waals surface area contributed by atoms with Crippen LogP contribution >= 0.6 is 0 Å². The first-order chi connectivity index (χ1) is 7.66. The maximum atomic E-state index is 10.6. The molecule has 2 fully saturated rings. The van der Waals surface area contributed by atoms with Gasteiger partial charge in [-0.2, -0.15) is 0 Å². The second-order valence-electron chi connectivity index (χ2n) is 4.64. The van der Waals surface area contributed by atoms with E-state index >= 15 is 0 Å². The third kappa shape index (κ3) is 2.72. The van der Waals surface area contributed by atoms with Gasteiger partial charge in [-0.05, 0) is 13.3 Å². The van der Waals surface area contributed by atoms with Gasteiger partial charge in [-0.15, -0.1) is 0 Å². The van der Waals surface area contributed by atoms with E-state index in [9.17, 15) is 4.79 Å². The van der Waals surface area contributed by atoms with Crippen molar-refractivity contribution in [1.82, 2.24) is 9.80 Å². The molecule has 0 amide bonds. The van der Waals surface area contributed by atoms with Crippen molar-refractivity contribution in [2.45, 2.75) is 25.5 Å². The third-order valence-corrected chi connectivity index (χ3v) is 3.57. The molecule has 0 saturated carbocycles. The number of carboxylic acid groups (broad SMARTS) is 1. The van der Waals surface area contributed by atoms with Gasteiger partial charge in [0.2, 0.25) is 0 Å². The van der Waals surface area contributed by atoms with Crippen LogP contribution in [0.15, 0.2) is 0 Å². The Balaban J connectivity index is 1.78. The van der Waals surface area contributed by atoms with Crippen LogP contribution in [-0.4, -0.2) is 72.4 Å². The summed E-state index contributed by atoms with van der Waals surface area (Å²) in [6.07, 6.45) is 1.44. The Bertz CT molecular complexity index is 252. The van der Waals surface area contributed by atoms with Crippen LogP contribution in [-0.2, 0) is 9.53 Å². The van der Waals surface area contributed by atoms with Gasteiger partial charge in [0.05, 0.1) is 12.6 Å². The number of carbonyl (C=O) groups is 1. The molecule has 5 heteroatoms. The molecular formula is C11H20N2O3. The summed E-state index contributed by atoms with van der Waals surface area (Å²) in [6.45, 7) is 6.80. The molecule has 2 heterocycles. The summed E-state index contributed by atoms with van der Waals surface area (Å²) in [5.74, 6) is -0.731. The van der Waals surface area contributed by atoms with Crippen LogP contribution in [0.25, 0.3) is 0 Å². The van der Waals surface area contributed by atoms with Gasteiger partial charge >= 0.3 is 5.97 Å². The number of carboxylic acids is 1. The highest BCUT2D eigenvalue weighted by molar-refractivity contribution is 5.69. The molecule has 92 valence electrons. The van der Waals surface area contributed by atoms with E-state index in [0.717, 1.165) is 39.2 Å². The summed E-state index contributed by atoms with van der Waals surface area (Å²) in [4.78, 5) is 15.0. The van der Waals surface area contributed by atoms with Gasteiger partial charge < -0.3 is 9.84 Å². The molecule has 2 unspecified atom stereocenters. The number of aliphatic carboxylic acids is 1. The molecule has 2 atom stereocenters. The smallest absolute Gasteiger partial charge is 0.317 e. The molecule has 1 N–H and O–H groups in total. The van der Waals surface area contributed by atoms with Gasteiger partial charge in [-0.3, -0.25) is 14.6 Å². The summed E-state index contributed by atoms with van der Waals surface area (Å²) in [6, 6.07) is 0.534. The molecule has 5 nitrogen and oxygen atoms in total. The first kappa shape index (κ1) is 11.8. The lowest BCUT2D eigenvalue weighted by atomic mass is 10.1. The summed E-state index contributed by atoms with van der Waals surface area (Å²) in [7, 11) is 0. The highest BCUT2D eigenvalue weighted by Crippen LogP contribution is 2.20. The molecule has 0 aliphatic carbocycles. The van der Waals surface area contributed by atoms with Crippen LogP contribution < -0.4 is 0 Å². The van der Waals surface area contributed by atoms with Crippen LogP contribution in [0.3, 0.4) is 0 Å². The fourth-order valence-electron chi connectivity index (χ4n) is 2.64. The van der Waals surface area contributed by atoms with E-state index in [1.54, 1.807) is 0 Å². The van der Waals surface area contributed by atoms with E-state index in [4.69, 9.17) is 9.84 Å². The largest absolute Gasteiger partial charge is 0.480 e. The lowest BCUT2D eigenvalue weighted by molar-refractivity contribution is -0.138. The Morgan fingerprint density at radius 3 is 2.56 bits per heavy atom. The first-order valence-electron chi connectivity index (χ1n) is 5.96. The predicted octanol–water partition coefficient (Wildman–Crippen LogP) is -0.134. The monoisotopic (exact) mass is 228 g/mol. The average Bonchev–Trinajstić information content (AvgIpc) is 2.65. The van der Waals surface area contributed by atoms with Gasteiger partial charge in [0.1, 0.15) is 0 Å². The van der Waals surface area contributed by atoms with Crippen molar-refractivity contribution in [3.05, 3.63) is 0 Å². The molecule has 0 aromatic carbocycles. The second kappa shape index (κ2) is 5.12. The standard InChI is InChI=1S/C11H20N2O3/c1-9-10(2-7-16-9)13-5-3-12(4-6-13)8-11(14)15/h9-10H,2-8H2,1H3,(H,14,15). The molecule has 0 aromatic rings. The summed E-state index contributed by atoms with van der Waals surface area (Å²) in [5, 5.41) is 8.71. The van der Waals surface area contributed by atoms with E-state index in [2.05, 4.69) is 11.8 Å². The van der Waals surface area contributed by atoms with Crippen molar-refractivity contribution < 1.29 is 14.6 Å². The van der Waals surface area contributed by atoms with Crippen LogP contribution in [0.4, 0.5) is 0 Å². The van der Waals surface area contributed by atoms with Crippen molar-refractivity contribution in [3.8, 4) is 0 Å². The van der Waals surface area contributed by atoms with Crippen molar-refractivity contribution in [2.24, 2.45) is 0 Å². The Labute approximate surface area is 96.0 Å². The Morgan fingerprint density at radius 1 is 1.38 bits per heavy atom. The number of piperazine rings is 1. The number of nitrogens with zero attached hydrogens (tertiary/aromatic N) is 2.